The summed E-state index contributed by atoms with van der Waals surface area (Å²) in [5.41, 5.74) is 2.14. The van der Waals surface area contributed by atoms with Crippen LogP contribution in [0.1, 0.15) is 26.6 Å². The van der Waals surface area contributed by atoms with Gasteiger partial charge in [-0.05, 0) is 0 Å². The van der Waals surface area contributed by atoms with Gasteiger partial charge in [0.15, 0.2) is 0 Å². The SMILES string of the molecule is CN(CC(F)F)c1cc(NN)nc(C(C)(C)C)n1. The molecule has 0 amide bonds. The molecule has 3 N–H and O–H groups in total. The highest BCUT2D eigenvalue weighted by molar-refractivity contribution is 5.49. The fourth-order valence-electron chi connectivity index (χ4n) is 1.34. The molecule has 0 aliphatic rings. The Labute approximate surface area is 105 Å². The Kier molecular flexibility index (Phi) is 4.39. The van der Waals surface area contributed by atoms with Crippen molar-refractivity contribution in [3.8, 4) is 0 Å². The molecule has 1 aromatic rings. The van der Waals surface area contributed by atoms with Crippen LogP contribution >= 0.6 is 0 Å². The van der Waals surface area contributed by atoms with Crippen LogP contribution in [0, 0.1) is 0 Å². The molecule has 0 saturated heterocycles. The van der Waals surface area contributed by atoms with E-state index in [-0.39, 0.29) is 12.0 Å². The Morgan fingerprint density at radius 3 is 2.44 bits per heavy atom. The van der Waals surface area contributed by atoms with Crippen LogP contribution in [0.2, 0.25) is 0 Å². The summed E-state index contributed by atoms with van der Waals surface area (Å²) < 4.78 is 24.7. The summed E-state index contributed by atoms with van der Waals surface area (Å²) in [6, 6.07) is 1.54. The number of hydrazine groups is 1. The van der Waals surface area contributed by atoms with Crippen LogP contribution in [-0.2, 0) is 5.41 Å². The first-order chi connectivity index (χ1) is 8.24. The molecule has 0 unspecified atom stereocenters. The van der Waals surface area contributed by atoms with Crippen LogP contribution in [0.3, 0.4) is 0 Å². The van der Waals surface area contributed by atoms with Gasteiger partial charge in [0, 0.05) is 18.5 Å². The minimum absolute atomic E-state index is 0.284. The number of anilines is 2. The van der Waals surface area contributed by atoms with Crippen LogP contribution in [0.5, 0.6) is 0 Å². The molecule has 0 radical (unpaired) electrons. The third-order valence-corrected chi connectivity index (χ3v) is 2.33. The van der Waals surface area contributed by atoms with Crippen molar-refractivity contribution in [2.75, 3.05) is 23.9 Å². The molecule has 0 aromatic carbocycles. The van der Waals surface area contributed by atoms with E-state index in [1.165, 1.54) is 11.0 Å². The van der Waals surface area contributed by atoms with Gasteiger partial charge < -0.3 is 10.3 Å². The minimum Gasteiger partial charge on any atom is -0.354 e. The van der Waals surface area contributed by atoms with Gasteiger partial charge >= 0.3 is 0 Å². The number of rotatable bonds is 4. The highest BCUT2D eigenvalue weighted by atomic mass is 19.3. The van der Waals surface area contributed by atoms with Crippen molar-refractivity contribution < 1.29 is 8.78 Å². The molecule has 0 atom stereocenters. The van der Waals surface area contributed by atoms with Crippen LogP contribution in [-0.4, -0.2) is 30.0 Å². The van der Waals surface area contributed by atoms with Gasteiger partial charge in [0.1, 0.15) is 17.5 Å². The first-order valence-electron chi connectivity index (χ1n) is 5.59. The normalized spacial score (nSPS) is 11.8. The zero-order valence-corrected chi connectivity index (χ0v) is 11.0. The second-order valence-electron chi connectivity index (χ2n) is 5.10. The number of nitrogens with one attached hydrogen (secondary N) is 1. The standard InChI is InChI=1S/C11H19F2N5/c1-11(2,3)10-15-8(17-14)5-9(16-10)18(4)6-7(12)13/h5,7H,6,14H2,1-4H3,(H,15,16,17). The zero-order chi connectivity index (χ0) is 13.9. The molecule has 1 rings (SSSR count). The predicted molar refractivity (Wildman–Crippen MR) is 67.8 cm³/mol. The molecule has 0 saturated carbocycles. The summed E-state index contributed by atoms with van der Waals surface area (Å²) in [7, 11) is 1.56. The first kappa shape index (κ1) is 14.6. The van der Waals surface area contributed by atoms with Gasteiger partial charge in [-0.25, -0.2) is 24.6 Å². The third-order valence-electron chi connectivity index (χ3n) is 2.33. The van der Waals surface area contributed by atoms with Crippen molar-refractivity contribution in [1.29, 1.82) is 0 Å². The second-order valence-corrected chi connectivity index (χ2v) is 5.10. The summed E-state index contributed by atoms with van der Waals surface area (Å²) in [5.74, 6) is 6.70. The average Bonchev–Trinajstić information content (AvgIpc) is 2.26. The minimum atomic E-state index is -2.42. The zero-order valence-electron chi connectivity index (χ0n) is 11.0. The number of alkyl halides is 2. The fourth-order valence-corrected chi connectivity index (χ4v) is 1.34. The lowest BCUT2D eigenvalue weighted by Crippen LogP contribution is -2.27. The van der Waals surface area contributed by atoms with Crippen molar-refractivity contribution in [3.05, 3.63) is 11.9 Å². The van der Waals surface area contributed by atoms with E-state index < -0.39 is 6.43 Å². The Morgan fingerprint density at radius 1 is 1.39 bits per heavy atom. The Morgan fingerprint density at radius 2 is 2.00 bits per heavy atom. The summed E-state index contributed by atoms with van der Waals surface area (Å²) in [5, 5.41) is 0. The van der Waals surface area contributed by atoms with Gasteiger partial charge in [0.05, 0.1) is 6.54 Å². The average molecular weight is 259 g/mol. The number of hydrogen-bond donors (Lipinski definition) is 2. The Balaban J connectivity index is 3.12. The largest absolute Gasteiger partial charge is 0.354 e. The molecule has 5 nitrogen and oxygen atoms in total. The molecular formula is C11H19F2N5. The number of nitrogens with zero attached hydrogens (tertiary/aromatic N) is 3. The van der Waals surface area contributed by atoms with Crippen molar-refractivity contribution in [2.45, 2.75) is 32.6 Å². The summed E-state index contributed by atoms with van der Waals surface area (Å²) >= 11 is 0. The monoisotopic (exact) mass is 259 g/mol. The van der Waals surface area contributed by atoms with E-state index in [1.54, 1.807) is 7.05 Å². The van der Waals surface area contributed by atoms with Crippen LogP contribution in [0.25, 0.3) is 0 Å². The molecule has 1 heterocycles. The maximum atomic E-state index is 12.4. The first-order valence-corrected chi connectivity index (χ1v) is 5.59. The van der Waals surface area contributed by atoms with Crippen LogP contribution in [0.15, 0.2) is 6.07 Å². The lowest BCUT2D eigenvalue weighted by molar-refractivity contribution is 0.156. The molecule has 0 aliphatic heterocycles. The lowest BCUT2D eigenvalue weighted by Gasteiger charge is -2.22. The lowest BCUT2D eigenvalue weighted by atomic mass is 9.96. The van der Waals surface area contributed by atoms with E-state index in [0.717, 1.165) is 0 Å². The van der Waals surface area contributed by atoms with Crippen molar-refractivity contribution in [2.24, 2.45) is 5.84 Å². The number of nitrogens with two attached hydrogens (primary N) is 1. The Hall–Kier alpha value is -1.50. The van der Waals surface area contributed by atoms with Gasteiger partial charge in [-0.1, -0.05) is 20.8 Å². The molecular weight excluding hydrogens is 240 g/mol. The van der Waals surface area contributed by atoms with Crippen molar-refractivity contribution in [1.82, 2.24) is 9.97 Å². The number of nitrogen functional groups attached to an aromatic ring is 1. The maximum absolute atomic E-state index is 12.4. The second kappa shape index (κ2) is 5.43. The van der Waals surface area contributed by atoms with Gasteiger partial charge in [0.25, 0.3) is 6.43 Å². The van der Waals surface area contributed by atoms with E-state index in [0.29, 0.717) is 17.5 Å². The van der Waals surface area contributed by atoms with E-state index in [9.17, 15) is 8.78 Å². The van der Waals surface area contributed by atoms with Gasteiger partial charge in [-0.3, -0.25) is 0 Å². The van der Waals surface area contributed by atoms with E-state index in [1.807, 2.05) is 20.8 Å². The number of hydrogen-bond acceptors (Lipinski definition) is 5. The highest BCUT2D eigenvalue weighted by Gasteiger charge is 2.20. The van der Waals surface area contributed by atoms with Crippen molar-refractivity contribution >= 4 is 11.6 Å². The molecule has 7 heteroatoms. The maximum Gasteiger partial charge on any atom is 0.255 e. The smallest absolute Gasteiger partial charge is 0.255 e. The fraction of sp³-hybridized carbons (Fsp3) is 0.636. The van der Waals surface area contributed by atoms with Gasteiger partial charge in [-0.2, -0.15) is 0 Å². The molecule has 0 fully saturated rings. The molecule has 102 valence electrons. The summed E-state index contributed by atoms with van der Waals surface area (Å²) in [6.45, 7) is 5.45. The van der Waals surface area contributed by atoms with E-state index in [2.05, 4.69) is 15.4 Å². The molecule has 18 heavy (non-hydrogen) atoms. The third kappa shape index (κ3) is 3.76. The van der Waals surface area contributed by atoms with E-state index >= 15 is 0 Å². The quantitative estimate of drug-likeness (QED) is 0.637. The van der Waals surface area contributed by atoms with Crippen molar-refractivity contribution in [3.63, 3.8) is 0 Å². The highest BCUT2D eigenvalue weighted by Crippen LogP contribution is 2.23. The Bertz CT molecular complexity index is 403. The van der Waals surface area contributed by atoms with Crippen LogP contribution in [0.4, 0.5) is 20.4 Å². The summed E-state index contributed by atoms with van der Waals surface area (Å²) in [4.78, 5) is 9.89. The van der Waals surface area contributed by atoms with Crippen LogP contribution < -0.4 is 16.2 Å². The molecule has 0 aliphatic carbocycles. The van der Waals surface area contributed by atoms with E-state index in [4.69, 9.17) is 5.84 Å². The molecule has 1 aromatic heterocycles. The number of aromatic nitrogens is 2. The summed E-state index contributed by atoms with van der Waals surface area (Å²) in [6.07, 6.45) is -2.42. The topological polar surface area (TPSA) is 67.1 Å². The van der Waals surface area contributed by atoms with Gasteiger partial charge in [-0.15, -0.1) is 0 Å². The van der Waals surface area contributed by atoms with Gasteiger partial charge in [0.2, 0.25) is 0 Å². The molecule has 0 bridgehead atoms. The molecule has 0 spiro atoms. The predicted octanol–water partition coefficient (Wildman–Crippen LogP) is 1.76. The number of halogens is 2.